The zero-order valence-corrected chi connectivity index (χ0v) is 21.9. The molecule has 0 aliphatic heterocycles. The smallest absolute Gasteiger partial charge is 0.261 e. The number of rotatable bonds is 11. The molecule has 1 N–H and O–H groups in total. The van der Waals surface area contributed by atoms with Crippen molar-refractivity contribution in [1.29, 1.82) is 0 Å². The predicted molar refractivity (Wildman–Crippen MR) is 135 cm³/mol. The van der Waals surface area contributed by atoms with E-state index in [0.717, 1.165) is 16.5 Å². The van der Waals surface area contributed by atoms with E-state index in [9.17, 15) is 9.59 Å². The molecule has 7 heteroatoms. The first-order chi connectivity index (χ1) is 15.7. The van der Waals surface area contributed by atoms with Crippen LogP contribution in [-0.4, -0.2) is 42.5 Å². The van der Waals surface area contributed by atoms with Gasteiger partial charge in [0.1, 0.15) is 17.5 Å². The lowest BCUT2D eigenvalue weighted by molar-refractivity contribution is -0.142. The van der Waals surface area contributed by atoms with Crippen LogP contribution >= 0.6 is 15.9 Å². The normalized spacial score (nSPS) is 12.7. The first-order valence-electron chi connectivity index (χ1n) is 11.3. The molecule has 180 valence electrons. The van der Waals surface area contributed by atoms with Crippen molar-refractivity contribution in [1.82, 2.24) is 10.2 Å². The van der Waals surface area contributed by atoms with Crippen molar-refractivity contribution in [2.75, 3.05) is 13.7 Å². The van der Waals surface area contributed by atoms with E-state index in [-0.39, 0.29) is 31.0 Å². The lowest BCUT2D eigenvalue weighted by atomic mass is 10.0. The molecule has 6 nitrogen and oxygen atoms in total. The van der Waals surface area contributed by atoms with Crippen molar-refractivity contribution in [3.8, 4) is 11.5 Å². The van der Waals surface area contributed by atoms with Gasteiger partial charge in [0.05, 0.1) is 11.6 Å². The Morgan fingerprint density at radius 1 is 1.09 bits per heavy atom. The topological polar surface area (TPSA) is 67.9 Å². The van der Waals surface area contributed by atoms with Crippen molar-refractivity contribution in [2.45, 2.75) is 65.6 Å². The van der Waals surface area contributed by atoms with Crippen LogP contribution in [0.1, 0.15) is 58.1 Å². The summed E-state index contributed by atoms with van der Waals surface area (Å²) in [5, 5.41) is 2.97. The van der Waals surface area contributed by atoms with E-state index in [2.05, 4.69) is 35.1 Å². The molecule has 0 spiro atoms. The Balaban J connectivity index is 2.20. The largest absolute Gasteiger partial charge is 0.497 e. The molecule has 0 aliphatic carbocycles. The van der Waals surface area contributed by atoms with Crippen LogP contribution in [0.3, 0.4) is 0 Å². The summed E-state index contributed by atoms with van der Waals surface area (Å²) < 4.78 is 11.9. The molecule has 0 radical (unpaired) electrons. The number of hydrogen-bond acceptors (Lipinski definition) is 4. The second-order valence-electron chi connectivity index (χ2n) is 8.50. The maximum absolute atomic E-state index is 13.2. The minimum atomic E-state index is -0.659. The zero-order chi connectivity index (χ0) is 24.5. The van der Waals surface area contributed by atoms with Gasteiger partial charge in [-0.15, -0.1) is 0 Å². The van der Waals surface area contributed by atoms with Gasteiger partial charge in [0, 0.05) is 12.6 Å². The number of carbonyl (C=O) groups is 2. The second-order valence-corrected chi connectivity index (χ2v) is 9.35. The summed E-state index contributed by atoms with van der Waals surface area (Å²) in [5.41, 5.74) is 2.05. The summed E-state index contributed by atoms with van der Waals surface area (Å²) in [7, 11) is 1.60. The second kappa shape index (κ2) is 12.6. The molecule has 0 aliphatic rings. The number of methoxy groups -OCH3 is 1. The molecular formula is C26H35BrN2O4. The Hall–Kier alpha value is -2.54. The lowest BCUT2D eigenvalue weighted by Crippen LogP contribution is -2.50. The highest BCUT2D eigenvalue weighted by molar-refractivity contribution is 9.10. The number of benzene rings is 2. The van der Waals surface area contributed by atoms with Crippen LogP contribution in [0.2, 0.25) is 0 Å². The van der Waals surface area contributed by atoms with Gasteiger partial charge in [-0.3, -0.25) is 9.59 Å². The van der Waals surface area contributed by atoms with Crippen molar-refractivity contribution in [3.05, 3.63) is 58.1 Å². The van der Waals surface area contributed by atoms with Crippen molar-refractivity contribution < 1.29 is 19.1 Å². The molecule has 2 atom stereocenters. The average Bonchev–Trinajstić information content (AvgIpc) is 2.80. The van der Waals surface area contributed by atoms with E-state index in [1.54, 1.807) is 18.9 Å². The van der Waals surface area contributed by atoms with Gasteiger partial charge in [-0.1, -0.05) is 39.0 Å². The minimum Gasteiger partial charge on any atom is -0.497 e. The highest BCUT2D eigenvalue weighted by Gasteiger charge is 2.27. The zero-order valence-electron chi connectivity index (χ0n) is 20.4. The molecule has 2 aromatic carbocycles. The van der Waals surface area contributed by atoms with E-state index < -0.39 is 6.04 Å². The Kier molecular flexibility index (Phi) is 10.2. The van der Waals surface area contributed by atoms with Crippen molar-refractivity contribution >= 4 is 27.7 Å². The van der Waals surface area contributed by atoms with Crippen LogP contribution in [0, 0.1) is 0 Å². The third-order valence-electron chi connectivity index (χ3n) is 5.63. The summed E-state index contributed by atoms with van der Waals surface area (Å²) in [6, 6.07) is 12.7. The highest BCUT2D eigenvalue weighted by Crippen LogP contribution is 2.29. The lowest BCUT2D eigenvalue weighted by Gasteiger charge is -2.29. The van der Waals surface area contributed by atoms with E-state index in [1.807, 2.05) is 56.3 Å². The van der Waals surface area contributed by atoms with E-state index in [4.69, 9.17) is 9.47 Å². The maximum Gasteiger partial charge on any atom is 0.261 e. The molecular weight excluding hydrogens is 484 g/mol. The summed E-state index contributed by atoms with van der Waals surface area (Å²) in [4.78, 5) is 27.6. The molecule has 2 rings (SSSR count). The predicted octanol–water partition coefficient (Wildman–Crippen LogP) is 5.29. The molecule has 0 fully saturated rings. The number of ether oxygens (including phenoxy) is 2. The SMILES string of the molecule is CC[C@H](C)NC(=O)[C@@H](C)N(Cc1cccc(OC)c1)C(=O)COc1ccc(C(C)C)cc1Br. The summed E-state index contributed by atoms with van der Waals surface area (Å²) >= 11 is 3.53. The first-order valence-corrected chi connectivity index (χ1v) is 12.1. The Morgan fingerprint density at radius 2 is 1.82 bits per heavy atom. The fourth-order valence-electron chi connectivity index (χ4n) is 3.23. The van der Waals surface area contributed by atoms with Crippen LogP contribution in [0.15, 0.2) is 46.9 Å². The highest BCUT2D eigenvalue weighted by atomic mass is 79.9. The average molecular weight is 519 g/mol. The van der Waals surface area contributed by atoms with Gasteiger partial charge < -0.3 is 19.7 Å². The quantitative estimate of drug-likeness (QED) is 0.438. The molecule has 0 bridgehead atoms. The van der Waals surface area contributed by atoms with Gasteiger partial charge in [0.25, 0.3) is 5.91 Å². The van der Waals surface area contributed by atoms with Crippen LogP contribution in [-0.2, 0) is 16.1 Å². The van der Waals surface area contributed by atoms with Crippen molar-refractivity contribution in [2.24, 2.45) is 0 Å². The van der Waals surface area contributed by atoms with Gasteiger partial charge >= 0.3 is 0 Å². The van der Waals surface area contributed by atoms with Crippen LogP contribution in [0.25, 0.3) is 0 Å². The number of nitrogens with zero attached hydrogens (tertiary/aromatic N) is 1. The third-order valence-corrected chi connectivity index (χ3v) is 6.25. The molecule has 0 unspecified atom stereocenters. The third kappa shape index (κ3) is 7.77. The van der Waals surface area contributed by atoms with Crippen LogP contribution in [0.4, 0.5) is 0 Å². The molecule has 0 saturated carbocycles. The molecule has 0 aromatic heterocycles. The Bertz CT molecular complexity index is 948. The molecule has 0 heterocycles. The molecule has 2 aromatic rings. The Labute approximate surface area is 205 Å². The van der Waals surface area contributed by atoms with Gasteiger partial charge in [0.15, 0.2) is 6.61 Å². The van der Waals surface area contributed by atoms with E-state index in [0.29, 0.717) is 17.4 Å². The van der Waals surface area contributed by atoms with Gasteiger partial charge in [0.2, 0.25) is 5.91 Å². The number of carbonyl (C=O) groups excluding carboxylic acids is 2. The molecule has 33 heavy (non-hydrogen) atoms. The molecule has 2 amide bonds. The van der Waals surface area contributed by atoms with Crippen LogP contribution in [0.5, 0.6) is 11.5 Å². The fourth-order valence-corrected chi connectivity index (χ4v) is 3.74. The van der Waals surface area contributed by atoms with E-state index in [1.165, 1.54) is 5.56 Å². The standard InChI is InChI=1S/C26H35BrN2O4/c1-7-18(4)28-26(31)19(5)29(15-20-9-8-10-22(13-20)32-6)25(30)16-33-24-12-11-21(17(2)3)14-23(24)27/h8-14,17-19H,7,15-16H2,1-6H3,(H,28,31)/t18-,19+/m0/s1. The Morgan fingerprint density at radius 3 is 2.42 bits per heavy atom. The first kappa shape index (κ1) is 26.7. The summed E-state index contributed by atoms with van der Waals surface area (Å²) in [5.74, 6) is 1.21. The van der Waals surface area contributed by atoms with Crippen molar-refractivity contribution in [3.63, 3.8) is 0 Å². The van der Waals surface area contributed by atoms with Gasteiger partial charge in [-0.25, -0.2) is 0 Å². The van der Waals surface area contributed by atoms with Crippen LogP contribution < -0.4 is 14.8 Å². The number of halogens is 1. The van der Waals surface area contributed by atoms with E-state index >= 15 is 0 Å². The maximum atomic E-state index is 13.2. The summed E-state index contributed by atoms with van der Waals surface area (Å²) in [6.07, 6.45) is 0.811. The number of hydrogen-bond donors (Lipinski definition) is 1. The fraction of sp³-hybridized carbons (Fsp3) is 0.462. The van der Waals surface area contributed by atoms with Gasteiger partial charge in [-0.2, -0.15) is 0 Å². The monoisotopic (exact) mass is 518 g/mol. The molecule has 0 saturated heterocycles. The van der Waals surface area contributed by atoms with Gasteiger partial charge in [-0.05, 0) is 77.5 Å². The number of amides is 2. The minimum absolute atomic E-state index is 0.0281. The summed E-state index contributed by atoms with van der Waals surface area (Å²) in [6.45, 7) is 10.0. The number of nitrogens with one attached hydrogen (secondary N) is 1.